The van der Waals surface area contributed by atoms with Crippen molar-refractivity contribution < 1.29 is 0 Å². The SMILES string of the molecule is C/C=C\CC.C=CCNc1cc2c(=O)cc(Nc3ccccc3)n(-c3ccccc3)c2nc1C. The molecule has 34 heavy (non-hydrogen) atoms. The summed E-state index contributed by atoms with van der Waals surface area (Å²) < 4.78 is 1.98. The van der Waals surface area contributed by atoms with Crippen LogP contribution in [0.25, 0.3) is 16.7 Å². The van der Waals surface area contributed by atoms with Gasteiger partial charge in [0.25, 0.3) is 0 Å². The van der Waals surface area contributed by atoms with E-state index in [1.165, 1.54) is 0 Å². The minimum atomic E-state index is -0.0836. The van der Waals surface area contributed by atoms with E-state index in [4.69, 9.17) is 4.98 Å². The molecule has 2 heterocycles. The summed E-state index contributed by atoms with van der Waals surface area (Å²) in [4.78, 5) is 17.8. The van der Waals surface area contributed by atoms with Crippen LogP contribution in [0.5, 0.6) is 0 Å². The van der Waals surface area contributed by atoms with Crippen LogP contribution in [0, 0.1) is 6.92 Å². The van der Waals surface area contributed by atoms with Crippen molar-refractivity contribution in [3.05, 3.63) is 114 Å². The second kappa shape index (κ2) is 12.2. The van der Waals surface area contributed by atoms with Gasteiger partial charge in [-0.15, -0.1) is 6.58 Å². The molecule has 0 aliphatic heterocycles. The standard InChI is InChI=1S/C24H22N4O.C5H10/c1-3-14-25-21-15-20-22(29)16-23(27-18-10-6-4-7-11-18)28(24(20)26-17(21)2)19-12-8-5-9-13-19;1-3-5-4-2/h3-13,15-16,25,27H,1,14H2,2H3;3,5H,4H2,1-2H3/b;5-3-. The highest BCUT2D eigenvalue weighted by Gasteiger charge is 2.15. The predicted molar refractivity (Wildman–Crippen MR) is 146 cm³/mol. The van der Waals surface area contributed by atoms with Gasteiger partial charge in [-0.3, -0.25) is 9.36 Å². The van der Waals surface area contributed by atoms with Gasteiger partial charge in [0.05, 0.1) is 16.8 Å². The second-order valence-electron chi connectivity index (χ2n) is 7.70. The number of para-hydroxylation sites is 2. The second-order valence-corrected chi connectivity index (χ2v) is 7.70. The first-order valence-electron chi connectivity index (χ1n) is 11.5. The van der Waals surface area contributed by atoms with Crippen molar-refractivity contribution >= 4 is 28.2 Å². The predicted octanol–water partition coefficient (Wildman–Crippen LogP) is 7.01. The largest absolute Gasteiger partial charge is 0.380 e. The highest BCUT2D eigenvalue weighted by atomic mass is 16.1. The average molecular weight is 453 g/mol. The molecule has 2 N–H and O–H groups in total. The van der Waals surface area contributed by atoms with E-state index in [9.17, 15) is 4.79 Å². The Balaban J connectivity index is 0.000000588. The summed E-state index contributed by atoms with van der Waals surface area (Å²) >= 11 is 0. The third-order valence-corrected chi connectivity index (χ3v) is 5.15. The molecule has 0 saturated heterocycles. The third-order valence-electron chi connectivity index (χ3n) is 5.15. The van der Waals surface area contributed by atoms with E-state index >= 15 is 0 Å². The van der Waals surface area contributed by atoms with Crippen LogP contribution < -0.4 is 16.1 Å². The highest BCUT2D eigenvalue weighted by molar-refractivity contribution is 5.84. The molecule has 0 bridgehead atoms. The van der Waals surface area contributed by atoms with Crippen molar-refractivity contribution in [3.63, 3.8) is 0 Å². The summed E-state index contributed by atoms with van der Waals surface area (Å²) in [5.41, 5.74) is 4.01. The smallest absolute Gasteiger partial charge is 0.193 e. The Hall–Kier alpha value is -4.12. The van der Waals surface area contributed by atoms with Crippen LogP contribution in [0.15, 0.2) is 102 Å². The molecule has 0 aliphatic rings. The summed E-state index contributed by atoms with van der Waals surface area (Å²) in [6.45, 7) is 10.4. The Bertz CT molecular complexity index is 1310. The lowest BCUT2D eigenvalue weighted by atomic mass is 10.2. The Kier molecular flexibility index (Phi) is 8.81. The molecule has 0 atom stereocenters. The number of pyridine rings is 2. The molecule has 2 aromatic heterocycles. The molecule has 2 aromatic carbocycles. The fourth-order valence-corrected chi connectivity index (χ4v) is 3.52. The molecule has 0 unspecified atom stereocenters. The topological polar surface area (TPSA) is 59.0 Å². The molecular weight excluding hydrogens is 420 g/mol. The molecule has 5 heteroatoms. The fraction of sp³-hybridized carbons (Fsp3) is 0.172. The molecule has 4 aromatic rings. The van der Waals surface area contributed by atoms with Crippen LogP contribution in [-0.2, 0) is 0 Å². The third kappa shape index (κ3) is 6.01. The fourth-order valence-electron chi connectivity index (χ4n) is 3.52. The van der Waals surface area contributed by atoms with Gasteiger partial charge in [-0.05, 0) is 50.6 Å². The maximum atomic E-state index is 13.0. The molecule has 4 rings (SSSR count). The van der Waals surface area contributed by atoms with E-state index in [1.54, 1.807) is 12.1 Å². The van der Waals surface area contributed by atoms with Gasteiger partial charge in [-0.25, -0.2) is 4.98 Å². The molecule has 0 radical (unpaired) electrons. The van der Waals surface area contributed by atoms with E-state index in [0.717, 1.165) is 29.2 Å². The maximum absolute atomic E-state index is 13.0. The van der Waals surface area contributed by atoms with Gasteiger partial charge in [0.1, 0.15) is 11.5 Å². The minimum absolute atomic E-state index is 0.0836. The summed E-state index contributed by atoms with van der Waals surface area (Å²) in [7, 11) is 0. The van der Waals surface area contributed by atoms with Crippen LogP contribution in [0.4, 0.5) is 17.2 Å². The number of benzene rings is 2. The molecule has 174 valence electrons. The first-order chi connectivity index (χ1) is 16.6. The van der Waals surface area contributed by atoms with E-state index in [1.807, 2.05) is 85.1 Å². The van der Waals surface area contributed by atoms with Crippen LogP contribution in [0.1, 0.15) is 26.0 Å². The number of hydrogen-bond donors (Lipinski definition) is 2. The lowest BCUT2D eigenvalue weighted by Crippen LogP contribution is -2.15. The van der Waals surface area contributed by atoms with Gasteiger partial charge in [0.2, 0.25) is 0 Å². The Morgan fingerprint density at radius 1 is 1.03 bits per heavy atom. The van der Waals surface area contributed by atoms with Crippen LogP contribution in [0.3, 0.4) is 0 Å². The highest BCUT2D eigenvalue weighted by Crippen LogP contribution is 2.26. The molecule has 0 amide bonds. The number of hydrogen-bond acceptors (Lipinski definition) is 4. The zero-order valence-electron chi connectivity index (χ0n) is 20.1. The van der Waals surface area contributed by atoms with Crippen LogP contribution in [-0.4, -0.2) is 16.1 Å². The number of fused-ring (bicyclic) bond motifs is 1. The van der Waals surface area contributed by atoms with E-state index in [2.05, 4.69) is 36.3 Å². The van der Waals surface area contributed by atoms with E-state index < -0.39 is 0 Å². The number of aromatic nitrogens is 2. The van der Waals surface area contributed by atoms with Crippen molar-refractivity contribution in [3.8, 4) is 5.69 Å². The van der Waals surface area contributed by atoms with Crippen molar-refractivity contribution in [2.24, 2.45) is 0 Å². The Labute approximate surface area is 201 Å². The summed E-state index contributed by atoms with van der Waals surface area (Å²) in [5, 5.41) is 7.18. The van der Waals surface area contributed by atoms with Crippen molar-refractivity contribution in [2.75, 3.05) is 17.2 Å². The quantitative estimate of drug-likeness (QED) is 0.296. The summed E-state index contributed by atoms with van der Waals surface area (Å²) in [6.07, 6.45) is 7.12. The van der Waals surface area contributed by atoms with Gasteiger partial charge in [0.15, 0.2) is 5.43 Å². The first kappa shape index (κ1) is 24.5. The zero-order valence-corrected chi connectivity index (χ0v) is 20.1. The van der Waals surface area contributed by atoms with Crippen LogP contribution in [0.2, 0.25) is 0 Å². The van der Waals surface area contributed by atoms with Gasteiger partial charge in [-0.1, -0.05) is 61.5 Å². The van der Waals surface area contributed by atoms with Gasteiger partial charge in [-0.2, -0.15) is 0 Å². The lowest BCUT2D eigenvalue weighted by molar-refractivity contribution is 1.05. The molecule has 5 nitrogen and oxygen atoms in total. The number of nitrogens with one attached hydrogen (secondary N) is 2. The molecule has 0 saturated carbocycles. The number of allylic oxidation sites excluding steroid dienone is 2. The lowest BCUT2D eigenvalue weighted by Gasteiger charge is -2.19. The average Bonchev–Trinajstić information content (AvgIpc) is 2.85. The molecule has 0 aliphatic carbocycles. The van der Waals surface area contributed by atoms with Crippen LogP contribution >= 0.6 is 0 Å². The summed E-state index contributed by atoms with van der Waals surface area (Å²) in [5.74, 6) is 0.665. The minimum Gasteiger partial charge on any atom is -0.380 e. The van der Waals surface area contributed by atoms with Crippen molar-refractivity contribution in [2.45, 2.75) is 27.2 Å². The Morgan fingerprint density at radius 3 is 2.29 bits per heavy atom. The van der Waals surface area contributed by atoms with E-state index in [0.29, 0.717) is 23.4 Å². The normalized spacial score (nSPS) is 10.6. The molecule has 0 spiro atoms. The first-order valence-corrected chi connectivity index (χ1v) is 11.5. The zero-order chi connectivity index (χ0) is 24.3. The maximum Gasteiger partial charge on any atom is 0.193 e. The number of anilines is 3. The molecule has 0 fully saturated rings. The Morgan fingerprint density at radius 2 is 1.71 bits per heavy atom. The monoisotopic (exact) mass is 452 g/mol. The van der Waals surface area contributed by atoms with Crippen molar-refractivity contribution in [1.29, 1.82) is 0 Å². The summed E-state index contributed by atoms with van der Waals surface area (Å²) in [6, 6.07) is 23.2. The van der Waals surface area contributed by atoms with Gasteiger partial charge < -0.3 is 10.6 Å². The van der Waals surface area contributed by atoms with Gasteiger partial charge in [0, 0.05) is 24.0 Å². The molecular formula is C29H32N4O. The van der Waals surface area contributed by atoms with Crippen molar-refractivity contribution in [1.82, 2.24) is 9.55 Å². The van der Waals surface area contributed by atoms with E-state index in [-0.39, 0.29) is 5.43 Å². The van der Waals surface area contributed by atoms with Gasteiger partial charge >= 0.3 is 0 Å². The number of aryl methyl sites for hydroxylation is 1. The number of nitrogens with zero attached hydrogens (tertiary/aromatic N) is 2. The number of rotatable bonds is 7.